The van der Waals surface area contributed by atoms with Crippen LogP contribution in [0.1, 0.15) is 15.9 Å². The van der Waals surface area contributed by atoms with Gasteiger partial charge in [-0.05, 0) is 35.7 Å². The van der Waals surface area contributed by atoms with E-state index in [0.717, 1.165) is 26.7 Å². The van der Waals surface area contributed by atoms with Crippen LogP contribution in [0, 0.1) is 0 Å². The van der Waals surface area contributed by atoms with Gasteiger partial charge in [-0.15, -0.1) is 11.3 Å². The van der Waals surface area contributed by atoms with Gasteiger partial charge >= 0.3 is 0 Å². The summed E-state index contributed by atoms with van der Waals surface area (Å²) in [7, 11) is 3.46. The molecule has 0 radical (unpaired) electrons. The summed E-state index contributed by atoms with van der Waals surface area (Å²) in [5.74, 6) is 6.23. The monoisotopic (exact) mass is 404 g/mol. The lowest BCUT2D eigenvalue weighted by molar-refractivity contribution is 0.0827. The standard InChI is InChI=1S/C21H20N6OS/c1-27(2)21(28)13-4-3-5-14(10-13)24-20-16-8-9-29-18(16)15-7-6-12(19(22)26-23)11-17(15)25-20/h3-11H,23H2,1-2H3,(H2,22,26)(H,24,25). The first-order valence-corrected chi connectivity index (χ1v) is 9.79. The summed E-state index contributed by atoms with van der Waals surface area (Å²) in [6.45, 7) is 0. The number of hydrogen-bond donors (Lipinski definition) is 3. The topological polar surface area (TPSA) is 110 Å². The number of benzene rings is 2. The van der Waals surface area contributed by atoms with Gasteiger partial charge in [-0.3, -0.25) is 4.79 Å². The lowest BCUT2D eigenvalue weighted by Gasteiger charge is -2.13. The molecule has 1 amide bonds. The highest BCUT2D eigenvalue weighted by molar-refractivity contribution is 7.18. The van der Waals surface area contributed by atoms with Gasteiger partial charge in [0.1, 0.15) is 11.7 Å². The first kappa shape index (κ1) is 18.7. The van der Waals surface area contributed by atoms with Crippen LogP contribution in [0.2, 0.25) is 0 Å². The number of carbonyl (C=O) groups is 1. The lowest BCUT2D eigenvalue weighted by Crippen LogP contribution is -2.21. The van der Waals surface area contributed by atoms with Gasteiger partial charge in [0.15, 0.2) is 0 Å². The Labute approximate surface area is 171 Å². The third kappa shape index (κ3) is 3.45. The van der Waals surface area contributed by atoms with Crippen LogP contribution in [0.4, 0.5) is 11.5 Å². The summed E-state index contributed by atoms with van der Waals surface area (Å²) in [6.07, 6.45) is 0. The minimum Gasteiger partial charge on any atom is -0.382 e. The molecule has 0 aliphatic carbocycles. The Morgan fingerprint density at radius 2 is 1.93 bits per heavy atom. The van der Waals surface area contributed by atoms with E-state index in [2.05, 4.69) is 10.4 Å². The van der Waals surface area contributed by atoms with Crippen molar-refractivity contribution in [1.29, 1.82) is 0 Å². The van der Waals surface area contributed by atoms with E-state index in [1.807, 2.05) is 47.8 Å². The summed E-state index contributed by atoms with van der Waals surface area (Å²) in [5.41, 5.74) is 8.75. The van der Waals surface area contributed by atoms with E-state index in [-0.39, 0.29) is 11.7 Å². The molecule has 0 saturated carbocycles. The molecule has 8 heteroatoms. The van der Waals surface area contributed by atoms with Crippen LogP contribution < -0.4 is 16.9 Å². The molecule has 29 heavy (non-hydrogen) atoms. The third-order valence-corrected chi connectivity index (χ3v) is 5.56. The number of amidine groups is 1. The number of aromatic nitrogens is 1. The molecule has 0 bridgehead atoms. The largest absolute Gasteiger partial charge is 0.382 e. The van der Waals surface area contributed by atoms with Gasteiger partial charge < -0.3 is 21.8 Å². The second-order valence-electron chi connectivity index (χ2n) is 6.78. The highest BCUT2D eigenvalue weighted by Crippen LogP contribution is 2.35. The Hall–Kier alpha value is -3.65. The average Bonchev–Trinajstić information content (AvgIpc) is 3.23. The number of thiophene rings is 1. The van der Waals surface area contributed by atoms with Crippen LogP contribution in [0.3, 0.4) is 0 Å². The van der Waals surface area contributed by atoms with Crippen molar-refractivity contribution in [1.82, 2.24) is 9.88 Å². The zero-order chi connectivity index (χ0) is 20.5. The molecule has 7 nitrogen and oxygen atoms in total. The minimum absolute atomic E-state index is 0.0537. The Morgan fingerprint density at radius 1 is 1.10 bits per heavy atom. The van der Waals surface area contributed by atoms with E-state index in [0.29, 0.717) is 16.9 Å². The molecule has 2 heterocycles. The fraction of sp³-hybridized carbons (Fsp3) is 0.0952. The SMILES string of the molecule is CN(C)C(=O)c1cccc(Nc2nc3cc(/C(N)=N/N)ccc3c3sccc23)c1. The van der Waals surface area contributed by atoms with E-state index in [9.17, 15) is 4.79 Å². The van der Waals surface area contributed by atoms with Crippen LogP contribution >= 0.6 is 11.3 Å². The molecule has 2 aromatic heterocycles. The van der Waals surface area contributed by atoms with Crippen molar-refractivity contribution in [2.45, 2.75) is 0 Å². The maximum absolute atomic E-state index is 12.3. The van der Waals surface area contributed by atoms with Gasteiger partial charge in [-0.2, -0.15) is 5.10 Å². The molecular formula is C21H20N6OS. The average molecular weight is 404 g/mol. The quantitative estimate of drug-likeness (QED) is 0.209. The normalized spacial score (nSPS) is 11.7. The summed E-state index contributed by atoms with van der Waals surface area (Å²) >= 11 is 1.65. The first-order valence-electron chi connectivity index (χ1n) is 8.91. The van der Waals surface area contributed by atoms with E-state index < -0.39 is 0 Å². The maximum Gasteiger partial charge on any atom is 0.253 e. The Morgan fingerprint density at radius 3 is 2.69 bits per heavy atom. The van der Waals surface area contributed by atoms with Crippen molar-refractivity contribution in [3.05, 3.63) is 65.0 Å². The molecule has 0 aliphatic heterocycles. The highest BCUT2D eigenvalue weighted by atomic mass is 32.1. The summed E-state index contributed by atoms with van der Waals surface area (Å²) < 4.78 is 1.12. The predicted octanol–water partition coefficient (Wildman–Crippen LogP) is 3.47. The number of anilines is 2. The number of amides is 1. The summed E-state index contributed by atoms with van der Waals surface area (Å²) in [5, 5.41) is 11.0. The van der Waals surface area contributed by atoms with E-state index in [4.69, 9.17) is 16.6 Å². The molecule has 2 aromatic carbocycles. The fourth-order valence-corrected chi connectivity index (χ4v) is 4.09. The second kappa shape index (κ2) is 7.40. The second-order valence-corrected chi connectivity index (χ2v) is 7.69. The minimum atomic E-state index is -0.0537. The Bertz CT molecular complexity index is 1260. The number of hydrogen-bond acceptors (Lipinski definition) is 6. The first-order chi connectivity index (χ1) is 14.0. The molecule has 0 unspecified atom stereocenters. The zero-order valence-electron chi connectivity index (χ0n) is 16.0. The molecule has 0 atom stereocenters. The van der Waals surface area contributed by atoms with Gasteiger partial charge in [0, 0.05) is 46.4 Å². The molecule has 4 aromatic rings. The van der Waals surface area contributed by atoms with Crippen molar-refractivity contribution in [2.75, 3.05) is 19.4 Å². The van der Waals surface area contributed by atoms with E-state index in [1.165, 1.54) is 0 Å². The van der Waals surface area contributed by atoms with Crippen molar-refractivity contribution in [2.24, 2.45) is 16.7 Å². The van der Waals surface area contributed by atoms with E-state index >= 15 is 0 Å². The number of fused-ring (bicyclic) bond motifs is 3. The number of pyridine rings is 1. The number of nitrogens with one attached hydrogen (secondary N) is 1. The van der Waals surface area contributed by atoms with Crippen LogP contribution in [0.5, 0.6) is 0 Å². The summed E-state index contributed by atoms with van der Waals surface area (Å²) in [4.78, 5) is 18.6. The molecular weight excluding hydrogens is 384 g/mol. The van der Waals surface area contributed by atoms with Gasteiger partial charge in [0.05, 0.1) is 5.52 Å². The van der Waals surface area contributed by atoms with Crippen molar-refractivity contribution in [3.63, 3.8) is 0 Å². The predicted molar refractivity (Wildman–Crippen MR) is 120 cm³/mol. The smallest absolute Gasteiger partial charge is 0.253 e. The fourth-order valence-electron chi connectivity index (χ4n) is 3.16. The molecule has 4 rings (SSSR count). The number of nitrogens with zero attached hydrogens (tertiary/aromatic N) is 3. The van der Waals surface area contributed by atoms with Crippen LogP contribution in [0.25, 0.3) is 21.0 Å². The highest BCUT2D eigenvalue weighted by Gasteiger charge is 2.13. The maximum atomic E-state index is 12.3. The van der Waals surface area contributed by atoms with Crippen molar-refractivity contribution < 1.29 is 4.79 Å². The number of rotatable bonds is 4. The molecule has 0 spiro atoms. The van der Waals surface area contributed by atoms with Crippen molar-refractivity contribution >= 4 is 55.6 Å². The van der Waals surface area contributed by atoms with Crippen LogP contribution in [0.15, 0.2) is 59.0 Å². The van der Waals surface area contributed by atoms with Gasteiger partial charge in [0.2, 0.25) is 0 Å². The Kier molecular flexibility index (Phi) is 4.77. The lowest BCUT2D eigenvalue weighted by atomic mass is 10.1. The zero-order valence-corrected chi connectivity index (χ0v) is 16.8. The summed E-state index contributed by atoms with van der Waals surface area (Å²) in [6, 6.07) is 15.1. The molecule has 0 fully saturated rings. The number of carbonyl (C=O) groups excluding carboxylic acids is 1. The molecule has 5 N–H and O–H groups in total. The molecule has 0 aliphatic rings. The van der Waals surface area contributed by atoms with Crippen molar-refractivity contribution in [3.8, 4) is 0 Å². The number of hydrazone groups is 1. The number of nitrogens with two attached hydrogens (primary N) is 2. The van der Waals surface area contributed by atoms with Crippen LogP contribution in [-0.2, 0) is 0 Å². The van der Waals surface area contributed by atoms with Gasteiger partial charge in [0.25, 0.3) is 5.91 Å². The molecule has 146 valence electrons. The third-order valence-electron chi connectivity index (χ3n) is 4.61. The van der Waals surface area contributed by atoms with Gasteiger partial charge in [-0.1, -0.05) is 18.2 Å². The Balaban J connectivity index is 1.81. The molecule has 0 saturated heterocycles. The van der Waals surface area contributed by atoms with E-state index in [1.54, 1.807) is 36.4 Å². The van der Waals surface area contributed by atoms with Crippen LogP contribution in [-0.4, -0.2) is 35.7 Å². The van der Waals surface area contributed by atoms with Gasteiger partial charge in [-0.25, -0.2) is 4.98 Å².